The number of hydrogen-bond donors (Lipinski definition) is 1. The molecule has 166 valence electrons. The van der Waals surface area contributed by atoms with Gasteiger partial charge >= 0.3 is 0 Å². The standard InChI is InChI=1S/C24H23F3N4O/c25-18-4-2-17(3-5-18)16-30-10-1-11-31(13-12-30)23-9-7-20(15-28-23)29-24(32)21-8-6-19(26)14-22(21)27/h2-9,14-15H,1,10-13,16H2,(H,29,32). The van der Waals surface area contributed by atoms with Crippen molar-refractivity contribution in [1.82, 2.24) is 9.88 Å². The van der Waals surface area contributed by atoms with Crippen LogP contribution in [0.15, 0.2) is 60.8 Å². The maximum Gasteiger partial charge on any atom is 0.258 e. The molecule has 5 nitrogen and oxygen atoms in total. The normalized spacial score (nSPS) is 14.8. The minimum atomic E-state index is -0.915. The molecule has 0 radical (unpaired) electrons. The van der Waals surface area contributed by atoms with Gasteiger partial charge in [0.25, 0.3) is 5.91 Å². The second kappa shape index (κ2) is 9.82. The third kappa shape index (κ3) is 5.45. The van der Waals surface area contributed by atoms with Crippen molar-refractivity contribution in [3.05, 3.63) is 89.4 Å². The molecule has 0 bridgehead atoms. The predicted octanol–water partition coefficient (Wildman–Crippen LogP) is 4.46. The highest BCUT2D eigenvalue weighted by Gasteiger charge is 2.17. The fraction of sp³-hybridized carbons (Fsp3) is 0.250. The maximum atomic E-state index is 13.8. The van der Waals surface area contributed by atoms with E-state index in [1.165, 1.54) is 18.3 Å². The van der Waals surface area contributed by atoms with Gasteiger partial charge in [-0.2, -0.15) is 0 Å². The first-order valence-corrected chi connectivity index (χ1v) is 10.4. The number of rotatable bonds is 5. The monoisotopic (exact) mass is 440 g/mol. The van der Waals surface area contributed by atoms with Gasteiger partial charge < -0.3 is 10.2 Å². The lowest BCUT2D eigenvalue weighted by Gasteiger charge is -2.23. The Bertz CT molecular complexity index is 1070. The summed E-state index contributed by atoms with van der Waals surface area (Å²) in [6.07, 6.45) is 2.49. The molecule has 4 rings (SSSR count). The molecule has 32 heavy (non-hydrogen) atoms. The predicted molar refractivity (Wildman–Crippen MR) is 117 cm³/mol. The summed E-state index contributed by atoms with van der Waals surface area (Å²) in [6.45, 7) is 4.19. The van der Waals surface area contributed by atoms with Crippen molar-refractivity contribution >= 4 is 17.4 Å². The number of aromatic nitrogens is 1. The lowest BCUT2D eigenvalue weighted by atomic mass is 10.2. The van der Waals surface area contributed by atoms with Crippen LogP contribution in [0, 0.1) is 17.5 Å². The van der Waals surface area contributed by atoms with Crippen LogP contribution in [0.3, 0.4) is 0 Å². The second-order valence-electron chi connectivity index (χ2n) is 7.73. The quantitative estimate of drug-likeness (QED) is 0.636. The molecule has 0 saturated carbocycles. The third-order valence-electron chi connectivity index (χ3n) is 5.41. The van der Waals surface area contributed by atoms with Crippen LogP contribution in [0.5, 0.6) is 0 Å². The van der Waals surface area contributed by atoms with Crippen LogP contribution in [0.25, 0.3) is 0 Å². The number of carbonyl (C=O) groups is 1. The van der Waals surface area contributed by atoms with Crippen LogP contribution in [0.4, 0.5) is 24.7 Å². The van der Waals surface area contributed by atoms with E-state index < -0.39 is 17.5 Å². The molecule has 1 aliphatic heterocycles. The van der Waals surface area contributed by atoms with Gasteiger partial charge in [0.1, 0.15) is 23.3 Å². The number of halogens is 3. The van der Waals surface area contributed by atoms with Crippen molar-refractivity contribution in [2.75, 3.05) is 36.4 Å². The van der Waals surface area contributed by atoms with Gasteiger partial charge in [-0.15, -0.1) is 0 Å². The van der Waals surface area contributed by atoms with Gasteiger partial charge in [0, 0.05) is 38.8 Å². The van der Waals surface area contributed by atoms with Gasteiger partial charge in [-0.25, -0.2) is 18.2 Å². The van der Waals surface area contributed by atoms with E-state index in [4.69, 9.17) is 0 Å². The molecule has 1 saturated heterocycles. The van der Waals surface area contributed by atoms with Crippen molar-refractivity contribution in [1.29, 1.82) is 0 Å². The van der Waals surface area contributed by atoms with E-state index in [0.29, 0.717) is 11.8 Å². The average Bonchev–Trinajstić information content (AvgIpc) is 3.01. The SMILES string of the molecule is O=C(Nc1ccc(N2CCCN(Cc3ccc(F)cc3)CC2)nc1)c1ccc(F)cc1F. The van der Waals surface area contributed by atoms with Gasteiger partial charge in [0.2, 0.25) is 0 Å². The van der Waals surface area contributed by atoms with Crippen LogP contribution >= 0.6 is 0 Å². The van der Waals surface area contributed by atoms with Crippen molar-refractivity contribution < 1.29 is 18.0 Å². The Balaban J connectivity index is 1.34. The molecule has 1 amide bonds. The van der Waals surface area contributed by atoms with Gasteiger partial charge in [-0.05, 0) is 48.4 Å². The Morgan fingerprint density at radius 2 is 1.69 bits per heavy atom. The molecule has 2 heterocycles. The molecule has 8 heteroatoms. The van der Waals surface area contributed by atoms with Crippen LogP contribution < -0.4 is 10.2 Å². The van der Waals surface area contributed by atoms with Gasteiger partial charge in [0.15, 0.2) is 0 Å². The number of carbonyl (C=O) groups excluding carboxylic acids is 1. The van der Waals surface area contributed by atoms with Crippen LogP contribution in [0.1, 0.15) is 22.3 Å². The minimum absolute atomic E-state index is 0.232. The highest BCUT2D eigenvalue weighted by Crippen LogP contribution is 2.19. The Morgan fingerprint density at radius 3 is 2.41 bits per heavy atom. The Labute approximate surface area is 184 Å². The van der Waals surface area contributed by atoms with Gasteiger partial charge in [0.05, 0.1) is 17.4 Å². The van der Waals surface area contributed by atoms with Gasteiger partial charge in [-0.3, -0.25) is 9.69 Å². The van der Waals surface area contributed by atoms with E-state index in [0.717, 1.165) is 62.7 Å². The zero-order valence-electron chi connectivity index (χ0n) is 17.4. The maximum absolute atomic E-state index is 13.8. The molecule has 0 aliphatic carbocycles. The van der Waals surface area contributed by atoms with Crippen molar-refractivity contribution in [3.8, 4) is 0 Å². The summed E-state index contributed by atoms with van der Waals surface area (Å²) in [7, 11) is 0. The summed E-state index contributed by atoms with van der Waals surface area (Å²) in [5.74, 6) is -1.76. The fourth-order valence-electron chi connectivity index (χ4n) is 3.73. The van der Waals surface area contributed by atoms with Gasteiger partial charge in [-0.1, -0.05) is 12.1 Å². The Morgan fingerprint density at radius 1 is 0.906 bits per heavy atom. The molecular formula is C24H23F3N4O. The number of benzene rings is 2. The molecule has 0 atom stereocenters. The Kier molecular flexibility index (Phi) is 6.70. The molecule has 0 unspecified atom stereocenters. The molecular weight excluding hydrogens is 417 g/mol. The molecule has 2 aromatic carbocycles. The summed E-state index contributed by atoms with van der Waals surface area (Å²) in [6, 6.07) is 12.9. The third-order valence-corrected chi connectivity index (χ3v) is 5.41. The largest absolute Gasteiger partial charge is 0.355 e. The molecule has 1 aromatic heterocycles. The highest BCUT2D eigenvalue weighted by atomic mass is 19.1. The smallest absolute Gasteiger partial charge is 0.258 e. The zero-order chi connectivity index (χ0) is 22.5. The Hall–Kier alpha value is -3.39. The average molecular weight is 440 g/mol. The molecule has 1 aliphatic rings. The molecule has 1 N–H and O–H groups in total. The van der Waals surface area contributed by atoms with Crippen molar-refractivity contribution in [3.63, 3.8) is 0 Å². The number of amides is 1. The second-order valence-corrected chi connectivity index (χ2v) is 7.73. The molecule has 3 aromatic rings. The summed E-state index contributed by atoms with van der Waals surface area (Å²) in [5.41, 5.74) is 1.27. The topological polar surface area (TPSA) is 48.5 Å². The fourth-order valence-corrected chi connectivity index (χ4v) is 3.73. The number of nitrogens with one attached hydrogen (secondary N) is 1. The van der Waals surface area contributed by atoms with E-state index in [1.54, 1.807) is 6.07 Å². The number of nitrogens with zero attached hydrogens (tertiary/aromatic N) is 3. The zero-order valence-corrected chi connectivity index (χ0v) is 17.4. The summed E-state index contributed by atoms with van der Waals surface area (Å²) < 4.78 is 39.9. The van der Waals surface area contributed by atoms with Crippen LogP contribution in [-0.4, -0.2) is 42.0 Å². The van der Waals surface area contributed by atoms with E-state index >= 15 is 0 Å². The first-order chi connectivity index (χ1) is 15.5. The van der Waals surface area contributed by atoms with E-state index in [1.807, 2.05) is 18.2 Å². The van der Waals surface area contributed by atoms with Crippen molar-refractivity contribution in [2.45, 2.75) is 13.0 Å². The van der Waals surface area contributed by atoms with E-state index in [2.05, 4.69) is 20.1 Å². The first kappa shape index (κ1) is 21.8. The highest BCUT2D eigenvalue weighted by molar-refractivity contribution is 6.04. The van der Waals surface area contributed by atoms with Crippen LogP contribution in [0.2, 0.25) is 0 Å². The van der Waals surface area contributed by atoms with E-state index in [9.17, 15) is 18.0 Å². The summed E-state index contributed by atoms with van der Waals surface area (Å²) in [4.78, 5) is 21.2. The van der Waals surface area contributed by atoms with E-state index in [-0.39, 0.29) is 11.4 Å². The number of hydrogen-bond acceptors (Lipinski definition) is 4. The lowest BCUT2D eigenvalue weighted by Crippen LogP contribution is -2.31. The minimum Gasteiger partial charge on any atom is -0.355 e. The van der Waals surface area contributed by atoms with Crippen LogP contribution in [-0.2, 0) is 6.54 Å². The number of pyridine rings is 1. The summed E-state index contributed by atoms with van der Waals surface area (Å²) in [5, 5.41) is 2.58. The number of anilines is 2. The lowest BCUT2D eigenvalue weighted by molar-refractivity contribution is 0.102. The first-order valence-electron chi connectivity index (χ1n) is 10.4. The molecule has 1 fully saturated rings. The summed E-state index contributed by atoms with van der Waals surface area (Å²) >= 11 is 0. The molecule has 0 spiro atoms. The van der Waals surface area contributed by atoms with Crippen molar-refractivity contribution in [2.24, 2.45) is 0 Å².